The molecule has 0 spiro atoms. The monoisotopic (exact) mass is 277 g/mol. The molecule has 1 saturated heterocycles. The van der Waals surface area contributed by atoms with Crippen LogP contribution in [-0.2, 0) is 4.74 Å². The van der Waals surface area contributed by atoms with E-state index in [2.05, 4.69) is 4.98 Å². The zero-order chi connectivity index (χ0) is 10.8. The van der Waals surface area contributed by atoms with Crippen molar-refractivity contribution in [2.75, 3.05) is 18.9 Å². The average molecular weight is 276 g/mol. The van der Waals surface area contributed by atoms with Crippen LogP contribution >= 0.6 is 0 Å². The van der Waals surface area contributed by atoms with Gasteiger partial charge < -0.3 is 0 Å². The maximum absolute atomic E-state index is 11.5. The van der Waals surface area contributed by atoms with Crippen molar-refractivity contribution in [1.29, 1.82) is 0 Å². The minimum absolute atomic E-state index is 0.00759. The number of anilines is 1. The van der Waals surface area contributed by atoms with Crippen molar-refractivity contribution < 1.29 is 9.84 Å². The third-order valence-electron chi connectivity index (χ3n) is 2.04. The van der Waals surface area contributed by atoms with Gasteiger partial charge in [-0.3, -0.25) is 0 Å². The molecule has 7 heteroatoms. The van der Waals surface area contributed by atoms with Crippen LogP contribution in [0.2, 0.25) is 0 Å². The Kier molecular flexibility index (Phi) is 3.06. The molecule has 1 fully saturated rings. The molecule has 1 aliphatic rings. The molecule has 1 aromatic heterocycles. The number of rotatable bonds is 2. The van der Waals surface area contributed by atoms with Gasteiger partial charge in [0.05, 0.1) is 0 Å². The number of hydrogen-bond acceptors (Lipinski definition) is 5. The van der Waals surface area contributed by atoms with Crippen LogP contribution in [0.15, 0.2) is 17.1 Å². The number of ether oxygens (including phenoxy) is 1. The van der Waals surface area contributed by atoms with E-state index in [9.17, 15) is 4.79 Å². The van der Waals surface area contributed by atoms with Gasteiger partial charge in [0.2, 0.25) is 0 Å². The Balaban J connectivity index is 2.20. The first-order valence-electron chi connectivity index (χ1n) is 4.43. The van der Waals surface area contributed by atoms with Crippen LogP contribution in [0.4, 0.5) is 5.82 Å². The Bertz CT molecular complexity index is 408. The Morgan fingerprint density at radius 1 is 1.80 bits per heavy atom. The topological polar surface area (TPSA) is 90.4 Å². The van der Waals surface area contributed by atoms with Gasteiger partial charge in [0.25, 0.3) is 0 Å². The summed E-state index contributed by atoms with van der Waals surface area (Å²) < 4.78 is 6.83. The minimum atomic E-state index is -0.357. The second-order valence-corrected chi connectivity index (χ2v) is 5.89. The molecular weight excluding hydrogens is 265 g/mol. The molecule has 0 bridgehead atoms. The molecule has 6 nitrogen and oxygen atoms in total. The summed E-state index contributed by atoms with van der Waals surface area (Å²) in [6.07, 6.45) is 1.63. The van der Waals surface area contributed by atoms with Gasteiger partial charge in [-0.05, 0) is 0 Å². The van der Waals surface area contributed by atoms with E-state index in [-0.39, 0.29) is 43.0 Å². The fourth-order valence-corrected chi connectivity index (χ4v) is 3.52. The molecular formula is C8H11N3O3Se. The SMILES string of the molecule is Nc1ccn(C2COC(CO)[Se]2)c(=O)n1. The fourth-order valence-electron chi connectivity index (χ4n) is 1.33. The Morgan fingerprint density at radius 2 is 2.60 bits per heavy atom. The quantitative estimate of drug-likeness (QED) is 0.633. The molecule has 1 aromatic rings. The molecule has 0 aliphatic carbocycles. The van der Waals surface area contributed by atoms with Gasteiger partial charge in [-0.15, -0.1) is 0 Å². The molecule has 0 aromatic carbocycles. The van der Waals surface area contributed by atoms with Crippen LogP contribution in [0.25, 0.3) is 0 Å². The molecule has 82 valence electrons. The third-order valence-corrected chi connectivity index (χ3v) is 4.70. The zero-order valence-corrected chi connectivity index (χ0v) is 9.58. The van der Waals surface area contributed by atoms with Gasteiger partial charge in [0.15, 0.2) is 0 Å². The predicted molar refractivity (Wildman–Crippen MR) is 54.5 cm³/mol. The number of nitrogen functional groups attached to an aromatic ring is 1. The van der Waals surface area contributed by atoms with Crippen molar-refractivity contribution in [3.8, 4) is 0 Å². The van der Waals surface area contributed by atoms with E-state index >= 15 is 0 Å². The van der Waals surface area contributed by atoms with Crippen LogP contribution in [0, 0.1) is 0 Å². The first kappa shape index (κ1) is 10.6. The summed E-state index contributed by atoms with van der Waals surface area (Å²) in [5.74, 6) is 0.223. The maximum atomic E-state index is 11.5. The van der Waals surface area contributed by atoms with Gasteiger partial charge >= 0.3 is 91.8 Å². The van der Waals surface area contributed by atoms with Crippen LogP contribution in [0.1, 0.15) is 4.94 Å². The van der Waals surface area contributed by atoms with E-state index < -0.39 is 0 Å². The molecule has 15 heavy (non-hydrogen) atoms. The Morgan fingerprint density at radius 3 is 3.20 bits per heavy atom. The fraction of sp³-hybridized carbons (Fsp3) is 0.500. The van der Waals surface area contributed by atoms with Gasteiger partial charge in [-0.25, -0.2) is 0 Å². The molecule has 2 rings (SSSR count). The van der Waals surface area contributed by atoms with Crippen molar-refractivity contribution in [3.05, 3.63) is 22.7 Å². The van der Waals surface area contributed by atoms with E-state index in [1.165, 1.54) is 4.57 Å². The van der Waals surface area contributed by atoms with Crippen LogP contribution in [0.3, 0.4) is 0 Å². The second kappa shape index (κ2) is 4.32. The Labute approximate surface area is 92.2 Å². The molecule has 0 radical (unpaired) electrons. The molecule has 2 unspecified atom stereocenters. The average Bonchev–Trinajstić information content (AvgIpc) is 2.66. The van der Waals surface area contributed by atoms with Crippen molar-refractivity contribution in [3.63, 3.8) is 0 Å². The number of nitrogens with two attached hydrogens (primary N) is 1. The van der Waals surface area contributed by atoms with E-state index in [0.717, 1.165) is 0 Å². The number of aliphatic hydroxyl groups excluding tert-OH is 1. The Hall–Kier alpha value is -0.881. The molecule has 3 N–H and O–H groups in total. The summed E-state index contributed by atoms with van der Waals surface area (Å²) in [7, 11) is 0. The first-order valence-corrected chi connectivity index (χ1v) is 6.41. The summed E-state index contributed by atoms with van der Waals surface area (Å²) in [6, 6.07) is 1.59. The van der Waals surface area contributed by atoms with Crippen LogP contribution < -0.4 is 11.4 Å². The van der Waals surface area contributed by atoms with Crippen molar-refractivity contribution in [2.24, 2.45) is 0 Å². The number of aliphatic hydroxyl groups is 1. The summed E-state index contributed by atoms with van der Waals surface area (Å²) >= 11 is 0.0520. The van der Waals surface area contributed by atoms with E-state index in [1.54, 1.807) is 12.3 Å². The van der Waals surface area contributed by atoms with E-state index in [0.29, 0.717) is 6.61 Å². The standard InChI is InChI=1S/C8H11N3O3Se/c9-5-1-2-11(8(13)10-5)6-4-14-7(3-12)15-6/h1-2,6-7,12H,3-4H2,(H2,9,10,13). The summed E-state index contributed by atoms with van der Waals surface area (Å²) in [6.45, 7) is 0.463. The van der Waals surface area contributed by atoms with Crippen molar-refractivity contribution in [2.45, 2.75) is 9.94 Å². The van der Waals surface area contributed by atoms with Gasteiger partial charge in [-0.1, -0.05) is 0 Å². The van der Waals surface area contributed by atoms with E-state index in [1.807, 2.05) is 0 Å². The van der Waals surface area contributed by atoms with Gasteiger partial charge in [0, 0.05) is 0 Å². The number of aromatic nitrogens is 2. The summed E-state index contributed by atoms with van der Waals surface area (Å²) in [5.41, 5.74) is 5.03. The van der Waals surface area contributed by atoms with E-state index in [4.69, 9.17) is 15.6 Å². The van der Waals surface area contributed by atoms with Gasteiger partial charge in [-0.2, -0.15) is 0 Å². The normalized spacial score (nSPS) is 25.7. The molecule has 2 atom stereocenters. The van der Waals surface area contributed by atoms with Crippen molar-refractivity contribution >= 4 is 20.8 Å². The zero-order valence-electron chi connectivity index (χ0n) is 7.87. The summed E-state index contributed by atoms with van der Waals surface area (Å²) in [4.78, 5) is 15.1. The van der Waals surface area contributed by atoms with Crippen LogP contribution in [0.5, 0.6) is 0 Å². The van der Waals surface area contributed by atoms with Gasteiger partial charge in [0.1, 0.15) is 0 Å². The third kappa shape index (κ3) is 2.21. The number of nitrogens with zero attached hydrogens (tertiary/aromatic N) is 2. The van der Waals surface area contributed by atoms with Crippen LogP contribution in [-0.4, -0.2) is 47.8 Å². The van der Waals surface area contributed by atoms with Crippen molar-refractivity contribution in [1.82, 2.24) is 9.55 Å². The predicted octanol–water partition coefficient (Wildman–Crippen LogP) is -1.62. The molecule has 1 aliphatic heterocycles. The second-order valence-electron chi connectivity index (χ2n) is 3.08. The molecule has 2 heterocycles. The first-order chi connectivity index (χ1) is 7.20. The molecule has 0 saturated carbocycles. The summed E-state index contributed by atoms with van der Waals surface area (Å²) in [5, 5.41) is 8.79. The molecule has 0 amide bonds. The number of hydrogen-bond donors (Lipinski definition) is 2.